The zero-order valence-corrected chi connectivity index (χ0v) is 6.00. The van der Waals surface area contributed by atoms with E-state index in [0.29, 0.717) is 0 Å². The Bertz CT molecular complexity index is 60.4. The summed E-state index contributed by atoms with van der Waals surface area (Å²) in [5.74, 6) is 0. The van der Waals surface area contributed by atoms with E-state index in [9.17, 15) is 4.39 Å². The number of alkyl halides is 3. The number of hydrogen-bond acceptors (Lipinski definition) is 1. The molecule has 4 heteroatoms. The predicted molar refractivity (Wildman–Crippen MR) is 30.3 cm³/mol. The minimum Gasteiger partial charge on any atom is -0.352 e. The average Bonchev–Trinajstić information content (AvgIpc) is 1.31. The van der Waals surface area contributed by atoms with Crippen LogP contribution in [0.4, 0.5) is 4.39 Å². The first-order valence-electron chi connectivity index (χ1n) is 1.69. The molecule has 0 bridgehead atoms. The molecule has 0 aromatic carbocycles. The van der Waals surface area contributed by atoms with Crippen molar-refractivity contribution in [1.29, 1.82) is 0 Å². The average molecular weight is 191 g/mol. The van der Waals surface area contributed by atoms with Gasteiger partial charge in [-0.1, -0.05) is 0 Å². The van der Waals surface area contributed by atoms with Gasteiger partial charge in [-0.05, 0) is 22.9 Å². The molecule has 0 spiro atoms. The molecule has 0 aromatic rings. The largest absolute Gasteiger partial charge is 0.352 e. The van der Waals surface area contributed by atoms with Crippen LogP contribution in [0.5, 0.6) is 0 Å². The number of aliphatic hydroxyl groups is 1. The Morgan fingerprint density at radius 3 is 2.14 bits per heavy atom. The van der Waals surface area contributed by atoms with Crippen LogP contribution in [0.25, 0.3) is 0 Å². The van der Waals surface area contributed by atoms with Crippen molar-refractivity contribution in [3.05, 3.63) is 0 Å². The van der Waals surface area contributed by atoms with E-state index in [2.05, 4.69) is 15.9 Å². The first kappa shape index (κ1) is 7.66. The molecule has 0 heterocycles. The minimum absolute atomic E-state index is 0.924. The molecule has 0 fully saturated rings. The van der Waals surface area contributed by atoms with Gasteiger partial charge in [0.1, 0.15) is 5.38 Å². The van der Waals surface area contributed by atoms with Crippen molar-refractivity contribution in [1.82, 2.24) is 0 Å². The van der Waals surface area contributed by atoms with E-state index >= 15 is 0 Å². The van der Waals surface area contributed by atoms with Gasteiger partial charge in [0.05, 0.1) is 0 Å². The molecule has 44 valence electrons. The van der Waals surface area contributed by atoms with Crippen molar-refractivity contribution in [2.45, 2.75) is 17.1 Å². The van der Waals surface area contributed by atoms with Crippen LogP contribution in [0.3, 0.4) is 0 Å². The van der Waals surface area contributed by atoms with Crippen LogP contribution in [0.1, 0.15) is 6.92 Å². The summed E-state index contributed by atoms with van der Waals surface area (Å²) < 4.78 is 9.43. The third-order valence-electron chi connectivity index (χ3n) is 0.479. The predicted octanol–water partition coefficient (Wildman–Crippen LogP) is 1.62. The summed E-state index contributed by atoms with van der Waals surface area (Å²) in [4.78, 5) is 0. The van der Waals surface area contributed by atoms with Gasteiger partial charge in [-0.25, -0.2) is 0 Å². The number of rotatable bonds is 1. The second-order valence-corrected chi connectivity index (χ2v) is 2.97. The molecular formula is C3H5BrClFO. The van der Waals surface area contributed by atoms with Gasteiger partial charge >= 0.3 is 0 Å². The maximum atomic E-state index is 11.9. The third kappa shape index (κ3) is 3.26. The Labute approximate surface area is 54.6 Å². The summed E-state index contributed by atoms with van der Waals surface area (Å²) in [6.07, 6.45) is 0. The van der Waals surface area contributed by atoms with Crippen molar-refractivity contribution in [2.75, 3.05) is 0 Å². The molecule has 0 aliphatic rings. The highest BCUT2D eigenvalue weighted by Crippen LogP contribution is 2.23. The Morgan fingerprint density at radius 1 is 2.00 bits per heavy atom. The summed E-state index contributed by atoms with van der Waals surface area (Å²) in [6.45, 7) is 1.34. The van der Waals surface area contributed by atoms with E-state index in [1.807, 2.05) is 0 Å². The van der Waals surface area contributed by atoms with Gasteiger partial charge in [0.2, 0.25) is 0 Å². The Balaban J connectivity index is 3.54. The van der Waals surface area contributed by atoms with Gasteiger partial charge in [-0.2, -0.15) is 4.39 Å². The van der Waals surface area contributed by atoms with Gasteiger partial charge in [0.15, 0.2) is 0 Å². The third-order valence-corrected chi connectivity index (χ3v) is 1.72. The van der Waals surface area contributed by atoms with Crippen molar-refractivity contribution >= 4 is 27.5 Å². The normalized spacial score (nSPS) is 23.6. The van der Waals surface area contributed by atoms with Gasteiger partial charge in [0.25, 0.3) is 4.76 Å². The second kappa shape index (κ2) is 2.29. The Morgan fingerprint density at radius 2 is 2.14 bits per heavy atom. The highest BCUT2D eigenvalue weighted by atomic mass is 79.9. The van der Waals surface area contributed by atoms with Crippen LogP contribution < -0.4 is 0 Å². The van der Waals surface area contributed by atoms with Crippen LogP contribution in [0.2, 0.25) is 0 Å². The highest BCUT2D eigenvalue weighted by molar-refractivity contribution is 9.10. The molecule has 0 amide bonds. The zero-order chi connectivity index (χ0) is 6.08. The topological polar surface area (TPSA) is 20.2 Å². The molecule has 2 unspecified atom stereocenters. The fraction of sp³-hybridized carbons (Fsp3) is 1.00. The molecule has 7 heavy (non-hydrogen) atoms. The van der Waals surface area contributed by atoms with Gasteiger partial charge in [-0.3, -0.25) is 0 Å². The van der Waals surface area contributed by atoms with Crippen LogP contribution in [-0.4, -0.2) is 15.2 Å². The molecular weight excluding hydrogens is 186 g/mol. The summed E-state index contributed by atoms with van der Waals surface area (Å²) >= 11 is 7.38. The lowest BCUT2D eigenvalue weighted by molar-refractivity contribution is 0.0122. The lowest BCUT2D eigenvalue weighted by Crippen LogP contribution is -2.22. The molecule has 0 aliphatic carbocycles. The smallest absolute Gasteiger partial charge is 0.279 e. The molecule has 0 radical (unpaired) electrons. The Hall–Kier alpha value is 0.660. The molecule has 2 atom stereocenters. The summed E-state index contributed by atoms with van der Waals surface area (Å²) in [6, 6.07) is 0. The molecule has 0 rings (SSSR count). The molecule has 0 aliphatic heterocycles. The molecule has 0 saturated carbocycles. The van der Waals surface area contributed by atoms with Gasteiger partial charge in [0, 0.05) is 0 Å². The van der Waals surface area contributed by atoms with E-state index in [0.717, 1.165) is 0 Å². The lowest BCUT2D eigenvalue weighted by atomic mass is 10.5. The lowest BCUT2D eigenvalue weighted by Gasteiger charge is -2.11. The maximum Gasteiger partial charge on any atom is 0.279 e. The van der Waals surface area contributed by atoms with E-state index in [-0.39, 0.29) is 0 Å². The monoisotopic (exact) mass is 190 g/mol. The summed E-state index contributed by atoms with van der Waals surface area (Å²) in [7, 11) is 0. The SMILES string of the molecule is CC(Cl)C(O)(F)Br. The zero-order valence-electron chi connectivity index (χ0n) is 3.66. The highest BCUT2D eigenvalue weighted by Gasteiger charge is 2.27. The van der Waals surface area contributed by atoms with Gasteiger partial charge < -0.3 is 5.11 Å². The first-order chi connectivity index (χ1) is 2.94. The molecule has 1 N–H and O–H groups in total. The second-order valence-electron chi connectivity index (χ2n) is 1.20. The molecule has 0 aromatic heterocycles. The first-order valence-corrected chi connectivity index (χ1v) is 2.92. The van der Waals surface area contributed by atoms with E-state index in [4.69, 9.17) is 16.7 Å². The van der Waals surface area contributed by atoms with E-state index < -0.39 is 10.1 Å². The number of hydrogen-bond donors (Lipinski definition) is 1. The van der Waals surface area contributed by atoms with Crippen LogP contribution >= 0.6 is 27.5 Å². The Kier molecular flexibility index (Phi) is 2.50. The molecule has 0 saturated heterocycles. The van der Waals surface area contributed by atoms with Crippen molar-refractivity contribution in [3.8, 4) is 0 Å². The van der Waals surface area contributed by atoms with Crippen molar-refractivity contribution in [2.24, 2.45) is 0 Å². The van der Waals surface area contributed by atoms with Gasteiger partial charge in [-0.15, -0.1) is 11.6 Å². The maximum absolute atomic E-state index is 11.9. The van der Waals surface area contributed by atoms with Crippen LogP contribution in [-0.2, 0) is 0 Å². The fourth-order valence-electron chi connectivity index (χ4n) is 0. The fourth-order valence-corrected chi connectivity index (χ4v) is 0. The van der Waals surface area contributed by atoms with E-state index in [1.54, 1.807) is 0 Å². The minimum atomic E-state index is -2.42. The van der Waals surface area contributed by atoms with Crippen LogP contribution in [0.15, 0.2) is 0 Å². The molecule has 1 nitrogen and oxygen atoms in total. The number of halogens is 3. The standard InChI is InChI=1S/C3H5BrClFO/c1-2(5)3(4,6)7/h2,7H,1H3. The summed E-state index contributed by atoms with van der Waals surface area (Å²) in [5.41, 5.74) is 0. The van der Waals surface area contributed by atoms with Crippen LogP contribution in [0, 0.1) is 0 Å². The van der Waals surface area contributed by atoms with Crippen molar-refractivity contribution < 1.29 is 9.50 Å². The quantitative estimate of drug-likeness (QED) is 0.625. The summed E-state index contributed by atoms with van der Waals surface area (Å²) in [5, 5.41) is 7.29. The van der Waals surface area contributed by atoms with Crippen molar-refractivity contribution in [3.63, 3.8) is 0 Å². The van der Waals surface area contributed by atoms with E-state index in [1.165, 1.54) is 6.92 Å².